The maximum absolute atomic E-state index is 12.9. The highest BCUT2D eigenvalue weighted by molar-refractivity contribution is 7.89. The number of aromatic nitrogens is 1. The van der Waals surface area contributed by atoms with Crippen molar-refractivity contribution in [1.29, 1.82) is 0 Å². The molecule has 0 bridgehead atoms. The van der Waals surface area contributed by atoms with E-state index in [0.29, 0.717) is 50.2 Å². The minimum absolute atomic E-state index is 0.102. The topological polar surface area (TPSA) is 87.0 Å². The van der Waals surface area contributed by atoms with Gasteiger partial charge < -0.3 is 9.42 Å². The number of rotatable bonds is 5. The fraction of sp³-hybridized carbons (Fsp3) is 0.778. The Morgan fingerprint density at radius 2 is 1.85 bits per heavy atom. The minimum Gasteiger partial charge on any atom is -0.360 e. The summed E-state index contributed by atoms with van der Waals surface area (Å²) in [5.74, 6) is 0.409. The van der Waals surface area contributed by atoms with E-state index in [1.165, 1.54) is 10.7 Å². The average molecular weight is 399 g/mol. The van der Waals surface area contributed by atoms with Crippen LogP contribution in [0.3, 0.4) is 0 Å². The number of piperazine rings is 1. The van der Waals surface area contributed by atoms with Gasteiger partial charge in [-0.3, -0.25) is 9.69 Å². The lowest BCUT2D eigenvalue weighted by atomic mass is 10.00. The zero-order chi connectivity index (χ0) is 19.6. The van der Waals surface area contributed by atoms with Crippen LogP contribution in [-0.2, 0) is 14.8 Å². The fourth-order valence-corrected chi connectivity index (χ4v) is 5.87. The van der Waals surface area contributed by atoms with Crippen molar-refractivity contribution in [3.63, 3.8) is 0 Å². The zero-order valence-corrected chi connectivity index (χ0v) is 17.3. The Bertz CT molecular complexity index is 749. The Balaban J connectivity index is 1.59. The fourth-order valence-electron chi connectivity index (χ4n) is 4.15. The first-order chi connectivity index (χ1) is 12.8. The van der Waals surface area contributed by atoms with Crippen molar-refractivity contribution >= 4 is 15.9 Å². The summed E-state index contributed by atoms with van der Waals surface area (Å²) in [4.78, 5) is 16.9. The van der Waals surface area contributed by atoms with Gasteiger partial charge in [0.1, 0.15) is 10.6 Å². The van der Waals surface area contributed by atoms with Crippen molar-refractivity contribution < 1.29 is 17.7 Å². The summed E-state index contributed by atoms with van der Waals surface area (Å²) in [6.45, 7) is 8.27. The Labute approximate surface area is 161 Å². The molecule has 0 aromatic carbocycles. The highest BCUT2D eigenvalue weighted by Gasteiger charge is 2.34. The lowest BCUT2D eigenvalue weighted by molar-refractivity contribution is -0.134. The smallest absolute Gasteiger partial charge is 0.248 e. The number of piperidine rings is 1. The molecular weight excluding hydrogens is 368 g/mol. The molecule has 2 aliphatic rings. The second-order valence-corrected chi connectivity index (χ2v) is 9.34. The molecule has 1 atom stereocenters. The number of amides is 1. The normalized spacial score (nSPS) is 22.9. The molecule has 152 valence electrons. The van der Waals surface area contributed by atoms with E-state index in [0.717, 1.165) is 25.8 Å². The van der Waals surface area contributed by atoms with Gasteiger partial charge in [-0.25, -0.2) is 8.42 Å². The molecule has 1 unspecified atom stereocenters. The maximum Gasteiger partial charge on any atom is 0.248 e. The number of carbonyl (C=O) groups is 1. The van der Waals surface area contributed by atoms with Gasteiger partial charge in [0.15, 0.2) is 5.76 Å². The molecule has 1 aromatic heterocycles. The largest absolute Gasteiger partial charge is 0.360 e. The number of hydrogen-bond donors (Lipinski definition) is 0. The Morgan fingerprint density at radius 1 is 1.15 bits per heavy atom. The second-order valence-electron chi connectivity index (χ2n) is 7.47. The Kier molecular flexibility index (Phi) is 6.22. The SMILES string of the molecule is CCC1CCCCN1CC(=O)N1CCN(S(=O)(=O)c2c(C)noc2C)CC1. The summed E-state index contributed by atoms with van der Waals surface area (Å²) in [5, 5.41) is 3.75. The average Bonchev–Trinajstić information content (AvgIpc) is 3.01. The van der Waals surface area contributed by atoms with Gasteiger partial charge >= 0.3 is 0 Å². The summed E-state index contributed by atoms with van der Waals surface area (Å²) < 4.78 is 32.2. The molecule has 2 fully saturated rings. The third-order valence-electron chi connectivity index (χ3n) is 5.72. The quantitative estimate of drug-likeness (QED) is 0.745. The molecule has 8 nitrogen and oxygen atoms in total. The van der Waals surface area contributed by atoms with Crippen molar-refractivity contribution in [1.82, 2.24) is 19.3 Å². The van der Waals surface area contributed by atoms with E-state index in [2.05, 4.69) is 17.0 Å². The summed E-state index contributed by atoms with van der Waals surface area (Å²) >= 11 is 0. The molecule has 0 N–H and O–H groups in total. The predicted molar refractivity (Wildman–Crippen MR) is 101 cm³/mol. The van der Waals surface area contributed by atoms with Crippen LogP contribution >= 0.6 is 0 Å². The molecule has 1 amide bonds. The lowest BCUT2D eigenvalue weighted by Gasteiger charge is -2.38. The molecule has 0 aliphatic carbocycles. The van der Waals surface area contributed by atoms with Gasteiger partial charge in [-0.1, -0.05) is 18.5 Å². The molecular formula is C18H30N4O4S. The van der Waals surface area contributed by atoms with Gasteiger partial charge in [0.2, 0.25) is 15.9 Å². The van der Waals surface area contributed by atoms with Crippen LogP contribution in [-0.4, -0.2) is 78.9 Å². The van der Waals surface area contributed by atoms with Crippen molar-refractivity contribution in [2.24, 2.45) is 0 Å². The highest BCUT2D eigenvalue weighted by atomic mass is 32.2. The van der Waals surface area contributed by atoms with Crippen molar-refractivity contribution in [2.75, 3.05) is 39.3 Å². The highest BCUT2D eigenvalue weighted by Crippen LogP contribution is 2.24. The third kappa shape index (κ3) is 4.20. The van der Waals surface area contributed by atoms with Crippen LogP contribution in [0.25, 0.3) is 0 Å². The zero-order valence-electron chi connectivity index (χ0n) is 16.5. The molecule has 9 heteroatoms. The van der Waals surface area contributed by atoms with Crippen molar-refractivity contribution in [3.8, 4) is 0 Å². The van der Waals surface area contributed by atoms with Gasteiger partial charge in [-0.2, -0.15) is 4.31 Å². The number of nitrogens with zero attached hydrogens (tertiary/aromatic N) is 4. The first kappa shape index (κ1) is 20.3. The van der Waals surface area contributed by atoms with Crippen LogP contribution in [0.15, 0.2) is 9.42 Å². The van der Waals surface area contributed by atoms with E-state index in [1.807, 2.05) is 0 Å². The number of carbonyl (C=O) groups excluding carboxylic acids is 1. The van der Waals surface area contributed by atoms with E-state index in [9.17, 15) is 13.2 Å². The van der Waals surface area contributed by atoms with Crippen molar-refractivity contribution in [2.45, 2.75) is 57.4 Å². The van der Waals surface area contributed by atoms with E-state index < -0.39 is 10.0 Å². The summed E-state index contributed by atoms with van der Waals surface area (Å²) in [6, 6.07) is 0.490. The standard InChI is InChI=1S/C18H30N4O4S/c1-4-16-7-5-6-8-21(16)13-17(23)20-9-11-22(12-10-20)27(24,25)18-14(2)19-26-15(18)3/h16H,4-13H2,1-3H3. The first-order valence-corrected chi connectivity index (χ1v) is 11.2. The van der Waals surface area contributed by atoms with Crippen molar-refractivity contribution in [3.05, 3.63) is 11.5 Å². The molecule has 2 saturated heterocycles. The van der Waals surface area contributed by atoms with E-state index in [4.69, 9.17) is 4.52 Å². The maximum atomic E-state index is 12.9. The Morgan fingerprint density at radius 3 is 2.44 bits per heavy atom. The number of likely N-dealkylation sites (tertiary alicyclic amines) is 1. The van der Waals surface area contributed by atoms with Gasteiger partial charge in [-0.15, -0.1) is 0 Å². The predicted octanol–water partition coefficient (Wildman–Crippen LogP) is 1.39. The molecule has 3 heterocycles. The number of hydrogen-bond acceptors (Lipinski definition) is 6. The van der Waals surface area contributed by atoms with Gasteiger partial charge in [0.25, 0.3) is 0 Å². The van der Waals surface area contributed by atoms with Crippen LogP contribution in [0.5, 0.6) is 0 Å². The summed E-state index contributed by atoms with van der Waals surface area (Å²) in [7, 11) is -3.64. The summed E-state index contributed by atoms with van der Waals surface area (Å²) in [5.41, 5.74) is 0.377. The monoisotopic (exact) mass is 398 g/mol. The second kappa shape index (κ2) is 8.28. The van der Waals surface area contributed by atoms with Gasteiger partial charge in [0.05, 0.1) is 6.54 Å². The van der Waals surface area contributed by atoms with Gasteiger partial charge in [-0.05, 0) is 39.7 Å². The van der Waals surface area contributed by atoms with Crippen LogP contribution in [0.1, 0.15) is 44.1 Å². The van der Waals surface area contributed by atoms with Crippen LogP contribution in [0.4, 0.5) is 0 Å². The van der Waals surface area contributed by atoms with Crippen LogP contribution in [0, 0.1) is 13.8 Å². The van der Waals surface area contributed by atoms with Crippen LogP contribution in [0.2, 0.25) is 0 Å². The minimum atomic E-state index is -3.64. The molecule has 0 saturated carbocycles. The molecule has 0 spiro atoms. The molecule has 0 radical (unpaired) electrons. The molecule has 3 rings (SSSR count). The molecule has 2 aliphatic heterocycles. The third-order valence-corrected chi connectivity index (χ3v) is 7.86. The first-order valence-electron chi connectivity index (χ1n) is 9.79. The molecule has 1 aromatic rings. The number of aryl methyl sites for hydroxylation is 2. The van der Waals surface area contributed by atoms with Crippen LogP contribution < -0.4 is 0 Å². The lowest BCUT2D eigenvalue weighted by Crippen LogP contribution is -2.53. The van der Waals surface area contributed by atoms with E-state index >= 15 is 0 Å². The van der Waals surface area contributed by atoms with Gasteiger partial charge in [0, 0.05) is 32.2 Å². The van der Waals surface area contributed by atoms with E-state index in [-0.39, 0.29) is 10.8 Å². The summed E-state index contributed by atoms with van der Waals surface area (Å²) in [6.07, 6.45) is 4.61. The number of sulfonamides is 1. The Hall–Kier alpha value is -1.45. The van der Waals surface area contributed by atoms with E-state index in [1.54, 1.807) is 18.7 Å². The molecule has 27 heavy (non-hydrogen) atoms.